The Morgan fingerprint density at radius 2 is 1.56 bits per heavy atom. The van der Waals surface area contributed by atoms with Crippen LogP contribution in [0, 0.1) is 0 Å². The van der Waals surface area contributed by atoms with E-state index in [0.717, 1.165) is 12.8 Å². The highest BCUT2D eigenvalue weighted by Gasteiger charge is 2.24. The maximum atomic E-state index is 9.44. The highest BCUT2D eigenvalue weighted by atomic mass is 16.8. The number of unbranched alkanes of at least 4 members (excludes halogenated alkanes) is 6. The van der Waals surface area contributed by atoms with E-state index in [-0.39, 0.29) is 13.0 Å². The molecule has 0 aromatic carbocycles. The number of ether oxygens (including phenoxy) is 1. The predicted octanol–water partition coefficient (Wildman–Crippen LogP) is 1.14. The molecule has 18 heavy (non-hydrogen) atoms. The molecule has 0 spiro atoms. The van der Waals surface area contributed by atoms with Gasteiger partial charge in [-0.3, -0.25) is 0 Å². The second-order valence-electron chi connectivity index (χ2n) is 4.76. The number of aliphatic hydroxyl groups excluding tert-OH is 2. The fourth-order valence-corrected chi connectivity index (χ4v) is 1.67. The maximum Gasteiger partial charge on any atom is 0.277 e. The highest BCUT2D eigenvalue weighted by molar-refractivity contribution is 4.56. The van der Waals surface area contributed by atoms with Gasteiger partial charge in [0.1, 0.15) is 6.10 Å². The summed E-state index contributed by atoms with van der Waals surface area (Å²) < 4.78 is 4.73. The van der Waals surface area contributed by atoms with E-state index in [1.54, 1.807) is 0 Å². The molecular formula is C13H28O5. The van der Waals surface area contributed by atoms with Crippen LogP contribution >= 0.6 is 0 Å². The average Bonchev–Trinajstić information content (AvgIpc) is 2.35. The van der Waals surface area contributed by atoms with Crippen molar-refractivity contribution in [2.45, 2.75) is 70.4 Å². The topological polar surface area (TPSA) is 90.2 Å². The molecule has 0 aliphatic heterocycles. The van der Waals surface area contributed by atoms with Gasteiger partial charge in [-0.2, -0.15) is 0 Å². The van der Waals surface area contributed by atoms with Gasteiger partial charge in [0.2, 0.25) is 0 Å². The summed E-state index contributed by atoms with van der Waals surface area (Å²) in [6.07, 6.45) is 6.66. The van der Waals surface area contributed by atoms with Crippen molar-refractivity contribution in [2.75, 3.05) is 13.2 Å². The first kappa shape index (κ1) is 17.8. The largest absolute Gasteiger partial charge is 0.394 e. The monoisotopic (exact) mass is 264 g/mol. The van der Waals surface area contributed by atoms with Crippen molar-refractivity contribution in [3.05, 3.63) is 0 Å². The summed E-state index contributed by atoms with van der Waals surface area (Å²) in [5.41, 5.74) is 0. The van der Waals surface area contributed by atoms with Gasteiger partial charge in [-0.05, 0) is 6.42 Å². The summed E-state index contributed by atoms with van der Waals surface area (Å²) in [5.74, 6) is -2.19. The van der Waals surface area contributed by atoms with E-state index >= 15 is 0 Å². The minimum atomic E-state index is -2.19. The molecule has 0 amide bonds. The zero-order chi connectivity index (χ0) is 13.9. The Bertz CT molecular complexity index is 184. The molecule has 5 nitrogen and oxygen atoms in total. The van der Waals surface area contributed by atoms with E-state index in [0.29, 0.717) is 6.42 Å². The number of aliphatic hydroxyl groups is 4. The third kappa shape index (κ3) is 10.9. The molecule has 0 aliphatic carbocycles. The van der Waals surface area contributed by atoms with Gasteiger partial charge in [-0.15, -0.1) is 0 Å². The van der Waals surface area contributed by atoms with Crippen LogP contribution in [-0.4, -0.2) is 45.7 Å². The third-order valence-corrected chi connectivity index (χ3v) is 2.82. The fraction of sp³-hybridized carbons (Fsp3) is 1.00. The van der Waals surface area contributed by atoms with Crippen LogP contribution in [0.25, 0.3) is 0 Å². The van der Waals surface area contributed by atoms with Crippen LogP contribution < -0.4 is 0 Å². The van der Waals surface area contributed by atoms with Crippen molar-refractivity contribution >= 4 is 0 Å². The summed E-state index contributed by atoms with van der Waals surface area (Å²) in [5, 5.41) is 36.5. The Morgan fingerprint density at radius 3 is 2.11 bits per heavy atom. The minimum Gasteiger partial charge on any atom is -0.394 e. The molecule has 0 saturated heterocycles. The quantitative estimate of drug-likeness (QED) is 0.313. The first-order chi connectivity index (χ1) is 8.52. The lowest BCUT2D eigenvalue weighted by Crippen LogP contribution is -2.35. The van der Waals surface area contributed by atoms with Crippen molar-refractivity contribution in [3.63, 3.8) is 0 Å². The lowest BCUT2D eigenvalue weighted by Gasteiger charge is -2.22. The fourth-order valence-electron chi connectivity index (χ4n) is 1.67. The summed E-state index contributed by atoms with van der Waals surface area (Å²) in [6, 6.07) is 0. The summed E-state index contributed by atoms with van der Waals surface area (Å²) in [7, 11) is 0. The van der Waals surface area contributed by atoms with E-state index in [1.165, 1.54) is 25.7 Å². The van der Waals surface area contributed by atoms with Crippen LogP contribution in [0.4, 0.5) is 0 Å². The molecule has 0 radical (unpaired) electrons. The van der Waals surface area contributed by atoms with Gasteiger partial charge in [-0.1, -0.05) is 45.4 Å². The maximum absolute atomic E-state index is 9.44. The Kier molecular flexibility index (Phi) is 10.6. The molecule has 0 rings (SSSR count). The standard InChI is InChI=1S/C13H28O5/c1-2-3-4-5-6-7-8-9-13(16,17)18-11-12(15)10-14/h12,14-17H,2-11H2,1H3. The van der Waals surface area contributed by atoms with Crippen molar-refractivity contribution < 1.29 is 25.2 Å². The lowest BCUT2D eigenvalue weighted by molar-refractivity contribution is -0.346. The molecule has 1 atom stereocenters. The molecule has 0 aromatic rings. The van der Waals surface area contributed by atoms with Gasteiger partial charge in [0, 0.05) is 6.42 Å². The molecule has 0 aromatic heterocycles. The third-order valence-electron chi connectivity index (χ3n) is 2.82. The summed E-state index contributed by atoms with van der Waals surface area (Å²) in [6.45, 7) is 1.44. The van der Waals surface area contributed by atoms with Gasteiger partial charge >= 0.3 is 0 Å². The molecular weight excluding hydrogens is 236 g/mol. The first-order valence-electron chi connectivity index (χ1n) is 6.89. The average molecular weight is 264 g/mol. The van der Waals surface area contributed by atoms with Gasteiger partial charge in [0.25, 0.3) is 5.97 Å². The molecule has 110 valence electrons. The number of rotatable bonds is 12. The van der Waals surface area contributed by atoms with E-state index in [2.05, 4.69) is 6.92 Å². The normalized spacial score (nSPS) is 13.8. The predicted molar refractivity (Wildman–Crippen MR) is 68.8 cm³/mol. The zero-order valence-electron chi connectivity index (χ0n) is 11.3. The van der Waals surface area contributed by atoms with E-state index in [1.807, 2.05) is 0 Å². The van der Waals surface area contributed by atoms with Gasteiger partial charge in [-0.25, -0.2) is 0 Å². The van der Waals surface area contributed by atoms with E-state index < -0.39 is 18.7 Å². The Morgan fingerprint density at radius 1 is 1.00 bits per heavy atom. The lowest BCUT2D eigenvalue weighted by atomic mass is 10.1. The molecule has 0 saturated carbocycles. The van der Waals surface area contributed by atoms with E-state index in [4.69, 9.17) is 14.9 Å². The molecule has 5 heteroatoms. The van der Waals surface area contributed by atoms with Crippen LogP contribution in [0.2, 0.25) is 0 Å². The van der Waals surface area contributed by atoms with Gasteiger partial charge < -0.3 is 25.2 Å². The zero-order valence-corrected chi connectivity index (χ0v) is 11.3. The smallest absolute Gasteiger partial charge is 0.277 e. The number of hydrogen-bond acceptors (Lipinski definition) is 5. The molecule has 0 aliphatic rings. The van der Waals surface area contributed by atoms with Crippen LogP contribution in [0.15, 0.2) is 0 Å². The summed E-state index contributed by atoms with van der Waals surface area (Å²) >= 11 is 0. The first-order valence-corrected chi connectivity index (χ1v) is 6.89. The Hall–Kier alpha value is -0.200. The molecule has 0 fully saturated rings. The van der Waals surface area contributed by atoms with Crippen LogP contribution in [0.3, 0.4) is 0 Å². The highest BCUT2D eigenvalue weighted by Crippen LogP contribution is 2.15. The SMILES string of the molecule is CCCCCCCCCC(O)(O)OCC(O)CO. The molecule has 0 heterocycles. The van der Waals surface area contributed by atoms with Crippen molar-refractivity contribution in [1.82, 2.24) is 0 Å². The van der Waals surface area contributed by atoms with E-state index in [9.17, 15) is 10.2 Å². The molecule has 4 N–H and O–H groups in total. The Balaban J connectivity index is 3.46. The molecule has 1 unspecified atom stereocenters. The van der Waals surface area contributed by atoms with Crippen molar-refractivity contribution in [3.8, 4) is 0 Å². The van der Waals surface area contributed by atoms with Crippen LogP contribution in [0.5, 0.6) is 0 Å². The van der Waals surface area contributed by atoms with Gasteiger partial charge in [0.15, 0.2) is 0 Å². The van der Waals surface area contributed by atoms with Gasteiger partial charge in [0.05, 0.1) is 13.2 Å². The van der Waals surface area contributed by atoms with Crippen molar-refractivity contribution in [1.29, 1.82) is 0 Å². The molecule has 0 bridgehead atoms. The van der Waals surface area contributed by atoms with Crippen molar-refractivity contribution in [2.24, 2.45) is 0 Å². The van der Waals surface area contributed by atoms with Crippen LogP contribution in [-0.2, 0) is 4.74 Å². The Labute approximate surface area is 109 Å². The summed E-state index contributed by atoms with van der Waals surface area (Å²) in [4.78, 5) is 0. The number of hydrogen-bond donors (Lipinski definition) is 4. The second kappa shape index (κ2) is 10.7. The minimum absolute atomic E-state index is 0.124. The van der Waals surface area contributed by atoms with Crippen LogP contribution in [0.1, 0.15) is 58.3 Å². The second-order valence-corrected chi connectivity index (χ2v) is 4.76.